The standard InChI is InChI=1S/C22H31F3N6/c1-14(31-6-2-3-18(31)26)12-28-20-8-15-7-16(9-20)11-21(10-15,13-20)30-19-27-5-4-17(29-19)22(23,24)25/h4-5,15-16,18,28H,1-3,6-13,26H2,(H,27,29,30)/t15?,16?,18-,20?,21?/m0/s1. The van der Waals surface area contributed by atoms with Crippen molar-refractivity contribution in [3.63, 3.8) is 0 Å². The first-order chi connectivity index (χ1) is 14.7. The van der Waals surface area contributed by atoms with Crippen LogP contribution in [0.25, 0.3) is 0 Å². The minimum absolute atomic E-state index is 0.0223. The second-order valence-corrected chi connectivity index (χ2v) is 10.2. The van der Waals surface area contributed by atoms with Gasteiger partial charge in [-0.1, -0.05) is 6.58 Å². The minimum Gasteiger partial charge on any atom is -0.359 e. The number of hydrogen-bond acceptors (Lipinski definition) is 6. The zero-order valence-corrected chi connectivity index (χ0v) is 17.7. The lowest BCUT2D eigenvalue weighted by Crippen LogP contribution is -2.67. The van der Waals surface area contributed by atoms with Crippen molar-refractivity contribution in [3.8, 4) is 0 Å². The molecule has 2 unspecified atom stereocenters. The van der Waals surface area contributed by atoms with Crippen LogP contribution in [0.5, 0.6) is 0 Å². The van der Waals surface area contributed by atoms with Gasteiger partial charge in [0.25, 0.3) is 0 Å². The lowest BCUT2D eigenvalue weighted by molar-refractivity contribution is -0.141. The number of nitrogens with one attached hydrogen (secondary N) is 2. The minimum atomic E-state index is -4.47. The van der Waals surface area contributed by atoms with E-state index >= 15 is 0 Å². The molecule has 1 aliphatic heterocycles. The number of likely N-dealkylation sites (tertiary alicyclic amines) is 1. The lowest BCUT2D eigenvalue weighted by Gasteiger charge is -2.62. The normalized spacial score (nSPS) is 36.8. The van der Waals surface area contributed by atoms with E-state index in [1.165, 1.54) is 12.6 Å². The number of nitrogens with two attached hydrogens (primary N) is 1. The number of halogens is 3. The predicted molar refractivity (Wildman–Crippen MR) is 112 cm³/mol. The molecule has 0 radical (unpaired) electrons. The van der Waals surface area contributed by atoms with Crippen LogP contribution in [0.2, 0.25) is 0 Å². The lowest BCUT2D eigenvalue weighted by atomic mass is 9.50. The van der Waals surface area contributed by atoms with Crippen LogP contribution in [0.4, 0.5) is 19.1 Å². The molecule has 4 bridgehead atoms. The van der Waals surface area contributed by atoms with Gasteiger partial charge in [0.1, 0.15) is 5.69 Å². The monoisotopic (exact) mass is 436 g/mol. The van der Waals surface area contributed by atoms with E-state index in [-0.39, 0.29) is 23.2 Å². The van der Waals surface area contributed by atoms with E-state index in [2.05, 4.69) is 32.1 Å². The summed E-state index contributed by atoms with van der Waals surface area (Å²) in [6.07, 6.45) is 5.08. The summed E-state index contributed by atoms with van der Waals surface area (Å²) < 4.78 is 39.3. The largest absolute Gasteiger partial charge is 0.433 e. The summed E-state index contributed by atoms with van der Waals surface area (Å²) >= 11 is 0. The Balaban J connectivity index is 1.31. The molecular weight excluding hydrogens is 405 g/mol. The van der Waals surface area contributed by atoms with E-state index in [0.29, 0.717) is 18.4 Å². The van der Waals surface area contributed by atoms with Crippen molar-refractivity contribution < 1.29 is 13.2 Å². The van der Waals surface area contributed by atoms with E-state index in [4.69, 9.17) is 5.73 Å². The Kier molecular flexibility index (Phi) is 4.97. The molecule has 0 aromatic carbocycles. The van der Waals surface area contributed by atoms with E-state index in [0.717, 1.165) is 63.3 Å². The molecule has 5 aliphatic rings. The van der Waals surface area contributed by atoms with Crippen molar-refractivity contribution in [2.75, 3.05) is 18.4 Å². The molecule has 3 atom stereocenters. The first-order valence-electron chi connectivity index (χ1n) is 11.3. The highest BCUT2D eigenvalue weighted by molar-refractivity contribution is 5.34. The summed E-state index contributed by atoms with van der Waals surface area (Å²) in [5, 5.41) is 7.17. The van der Waals surface area contributed by atoms with Crippen LogP contribution in [0.1, 0.15) is 57.1 Å². The molecule has 1 aromatic heterocycles. The Morgan fingerprint density at radius 1 is 1.23 bits per heavy atom. The van der Waals surface area contributed by atoms with Gasteiger partial charge in [0.15, 0.2) is 0 Å². The quantitative estimate of drug-likeness (QED) is 0.634. The fourth-order valence-corrected chi connectivity index (χ4v) is 7.01. The second-order valence-electron chi connectivity index (χ2n) is 10.2. The summed E-state index contributed by atoms with van der Waals surface area (Å²) in [4.78, 5) is 10.1. The van der Waals surface area contributed by atoms with Crippen molar-refractivity contribution >= 4 is 5.95 Å². The number of rotatable bonds is 6. The average Bonchev–Trinajstić information content (AvgIpc) is 3.10. The summed E-state index contributed by atoms with van der Waals surface area (Å²) in [5.41, 5.74) is 6.05. The fraction of sp³-hybridized carbons (Fsp3) is 0.727. The van der Waals surface area contributed by atoms with Crippen LogP contribution in [-0.2, 0) is 6.18 Å². The van der Waals surface area contributed by atoms with Crippen LogP contribution >= 0.6 is 0 Å². The smallest absolute Gasteiger partial charge is 0.359 e. The van der Waals surface area contributed by atoms with Gasteiger partial charge in [0.2, 0.25) is 5.95 Å². The molecule has 2 heterocycles. The van der Waals surface area contributed by atoms with Crippen molar-refractivity contribution in [3.05, 3.63) is 30.2 Å². The molecule has 31 heavy (non-hydrogen) atoms. The van der Waals surface area contributed by atoms with E-state index in [1.807, 2.05) is 0 Å². The average molecular weight is 437 g/mol. The summed E-state index contributed by atoms with van der Waals surface area (Å²) in [5.74, 6) is 1.21. The Hall–Kier alpha value is -1.87. The predicted octanol–water partition coefficient (Wildman–Crippen LogP) is 3.48. The van der Waals surface area contributed by atoms with Crippen LogP contribution in [0.15, 0.2) is 24.5 Å². The van der Waals surface area contributed by atoms with Crippen LogP contribution in [-0.4, -0.2) is 45.2 Å². The first-order valence-corrected chi connectivity index (χ1v) is 11.3. The molecule has 6 nitrogen and oxygen atoms in total. The molecule has 4 aliphatic carbocycles. The highest BCUT2D eigenvalue weighted by atomic mass is 19.4. The topological polar surface area (TPSA) is 79.1 Å². The molecule has 9 heteroatoms. The number of hydrogen-bond donors (Lipinski definition) is 3. The molecule has 6 rings (SSSR count). The van der Waals surface area contributed by atoms with E-state index in [1.54, 1.807) is 0 Å². The van der Waals surface area contributed by atoms with Gasteiger partial charge >= 0.3 is 6.18 Å². The Labute approximate surface area is 180 Å². The highest BCUT2D eigenvalue weighted by Gasteiger charge is 2.58. The molecule has 1 saturated heterocycles. The third-order valence-electron chi connectivity index (χ3n) is 7.76. The zero-order chi connectivity index (χ0) is 21.9. The SMILES string of the molecule is C=C(CNC12CC3CC(C1)CC(Nc1nccc(C(F)(F)F)n1)(C3)C2)N1CCC[C@H]1N. The zero-order valence-electron chi connectivity index (χ0n) is 17.7. The number of aromatic nitrogens is 2. The first kappa shape index (κ1) is 21.0. The van der Waals surface area contributed by atoms with Gasteiger partial charge in [-0.3, -0.25) is 0 Å². The van der Waals surface area contributed by atoms with E-state index < -0.39 is 11.9 Å². The second kappa shape index (κ2) is 7.33. The molecule has 5 fully saturated rings. The van der Waals surface area contributed by atoms with Crippen molar-refractivity contribution in [1.29, 1.82) is 0 Å². The van der Waals surface area contributed by atoms with Gasteiger partial charge in [-0.2, -0.15) is 13.2 Å². The van der Waals surface area contributed by atoms with Gasteiger partial charge in [-0.25, -0.2) is 9.97 Å². The van der Waals surface area contributed by atoms with E-state index in [9.17, 15) is 13.2 Å². The van der Waals surface area contributed by atoms with Crippen LogP contribution < -0.4 is 16.4 Å². The molecule has 4 N–H and O–H groups in total. The Morgan fingerprint density at radius 3 is 2.58 bits per heavy atom. The summed E-state index contributed by atoms with van der Waals surface area (Å²) in [6.45, 7) is 5.92. The fourth-order valence-electron chi connectivity index (χ4n) is 7.01. The van der Waals surface area contributed by atoms with Gasteiger partial charge in [0, 0.05) is 36.1 Å². The molecule has 0 spiro atoms. The van der Waals surface area contributed by atoms with Crippen LogP contribution in [0.3, 0.4) is 0 Å². The van der Waals surface area contributed by atoms with Gasteiger partial charge < -0.3 is 21.3 Å². The van der Waals surface area contributed by atoms with Gasteiger partial charge in [-0.15, -0.1) is 0 Å². The number of anilines is 1. The summed E-state index contributed by atoms with van der Waals surface area (Å²) in [7, 11) is 0. The number of nitrogens with zero attached hydrogens (tertiary/aromatic N) is 3. The van der Waals surface area contributed by atoms with Gasteiger partial charge in [0.05, 0.1) is 6.17 Å². The third kappa shape index (κ3) is 4.02. The summed E-state index contributed by atoms with van der Waals surface area (Å²) in [6, 6.07) is 0.919. The van der Waals surface area contributed by atoms with Crippen molar-refractivity contribution in [2.24, 2.45) is 17.6 Å². The van der Waals surface area contributed by atoms with Crippen molar-refractivity contribution in [1.82, 2.24) is 20.2 Å². The molecular formula is C22H31F3N6. The van der Waals surface area contributed by atoms with Gasteiger partial charge in [-0.05, 0) is 69.3 Å². The molecule has 170 valence electrons. The van der Waals surface area contributed by atoms with Crippen LogP contribution in [0, 0.1) is 11.8 Å². The Morgan fingerprint density at radius 2 is 1.94 bits per heavy atom. The number of alkyl halides is 3. The maximum absolute atomic E-state index is 13.1. The molecule has 1 aromatic rings. The third-order valence-corrected chi connectivity index (χ3v) is 7.76. The highest BCUT2D eigenvalue weighted by Crippen LogP contribution is 2.58. The molecule has 0 amide bonds. The maximum atomic E-state index is 13.1. The molecule has 4 saturated carbocycles. The maximum Gasteiger partial charge on any atom is 0.433 e. The Bertz CT molecular complexity index is 842. The van der Waals surface area contributed by atoms with Crippen molar-refractivity contribution in [2.45, 2.75) is 74.8 Å².